The van der Waals surface area contributed by atoms with Gasteiger partial charge < -0.3 is 10.0 Å². The normalized spacial score (nSPS) is 10.4. The molecule has 0 aliphatic rings. The summed E-state index contributed by atoms with van der Waals surface area (Å²) in [6, 6.07) is 14.2. The maximum absolute atomic E-state index is 12.6. The van der Waals surface area contributed by atoms with Crippen LogP contribution < -0.4 is 0 Å². The molecule has 0 aromatic heterocycles. The Bertz CT molecular complexity index is 716. The summed E-state index contributed by atoms with van der Waals surface area (Å²) in [4.78, 5) is 24.7. The molecule has 0 saturated carbocycles. The van der Waals surface area contributed by atoms with E-state index in [9.17, 15) is 20.0 Å². The Labute approximate surface area is 140 Å². The number of nitro benzene ring substituents is 1. The molecular formula is C18H20N2O4. The third-order valence-electron chi connectivity index (χ3n) is 3.89. The van der Waals surface area contributed by atoms with E-state index in [1.807, 2.05) is 30.3 Å². The highest BCUT2D eigenvalue weighted by Gasteiger charge is 2.19. The molecule has 2 rings (SSSR count). The summed E-state index contributed by atoms with van der Waals surface area (Å²) in [6.45, 7) is 2.14. The zero-order chi connectivity index (χ0) is 17.5. The fourth-order valence-corrected chi connectivity index (χ4v) is 2.55. The predicted octanol–water partition coefficient (Wildman–Crippen LogP) is 2.47. The molecule has 0 radical (unpaired) electrons. The van der Waals surface area contributed by atoms with Gasteiger partial charge >= 0.3 is 0 Å². The van der Waals surface area contributed by atoms with Crippen LogP contribution in [0.3, 0.4) is 0 Å². The molecule has 0 aliphatic heterocycles. The summed E-state index contributed by atoms with van der Waals surface area (Å²) in [5, 5.41) is 20.2. The van der Waals surface area contributed by atoms with Crippen LogP contribution in [0.4, 0.5) is 5.69 Å². The topological polar surface area (TPSA) is 83.7 Å². The summed E-state index contributed by atoms with van der Waals surface area (Å²) < 4.78 is 0. The fourth-order valence-electron chi connectivity index (χ4n) is 2.55. The van der Waals surface area contributed by atoms with E-state index in [4.69, 9.17) is 0 Å². The molecule has 2 aromatic carbocycles. The van der Waals surface area contributed by atoms with E-state index in [1.165, 1.54) is 6.07 Å². The Hall–Kier alpha value is -2.73. The number of nitrogens with zero attached hydrogens (tertiary/aromatic N) is 2. The lowest BCUT2D eigenvalue weighted by Gasteiger charge is -2.22. The van der Waals surface area contributed by atoms with Crippen molar-refractivity contribution in [1.82, 2.24) is 4.90 Å². The lowest BCUT2D eigenvalue weighted by Crippen LogP contribution is -2.34. The van der Waals surface area contributed by atoms with Gasteiger partial charge in [-0.05, 0) is 18.1 Å². The van der Waals surface area contributed by atoms with Crippen LogP contribution in [0.1, 0.15) is 16.7 Å². The van der Waals surface area contributed by atoms with Crippen molar-refractivity contribution in [3.05, 3.63) is 75.3 Å². The molecule has 1 amide bonds. The largest absolute Gasteiger partial charge is 0.395 e. The van der Waals surface area contributed by atoms with Gasteiger partial charge in [-0.15, -0.1) is 0 Å². The van der Waals surface area contributed by atoms with Crippen LogP contribution in [-0.2, 0) is 17.8 Å². The first-order chi connectivity index (χ1) is 11.5. The number of nitro groups is 1. The summed E-state index contributed by atoms with van der Waals surface area (Å²) in [7, 11) is 0. The highest BCUT2D eigenvalue weighted by Crippen LogP contribution is 2.22. The molecule has 0 atom stereocenters. The fraction of sp³-hybridized carbons (Fsp3) is 0.278. The molecule has 0 saturated heterocycles. The first-order valence-corrected chi connectivity index (χ1v) is 7.68. The molecule has 0 heterocycles. The van der Waals surface area contributed by atoms with Gasteiger partial charge in [-0.1, -0.05) is 42.5 Å². The van der Waals surface area contributed by atoms with Crippen LogP contribution in [-0.4, -0.2) is 34.0 Å². The SMILES string of the molecule is Cc1c(CC(=O)N(CCO)Cc2ccccc2)cccc1[N+](=O)[O-]. The Morgan fingerprint density at radius 2 is 1.88 bits per heavy atom. The molecule has 0 aliphatic carbocycles. The first-order valence-electron chi connectivity index (χ1n) is 7.68. The second kappa shape index (κ2) is 8.21. The smallest absolute Gasteiger partial charge is 0.272 e. The van der Waals surface area contributed by atoms with Crippen LogP contribution in [0.5, 0.6) is 0 Å². The molecule has 0 unspecified atom stereocenters. The minimum Gasteiger partial charge on any atom is -0.395 e. The molecule has 2 aromatic rings. The van der Waals surface area contributed by atoms with Gasteiger partial charge in [0.25, 0.3) is 5.69 Å². The second-order valence-corrected chi connectivity index (χ2v) is 5.52. The van der Waals surface area contributed by atoms with E-state index < -0.39 is 4.92 Å². The lowest BCUT2D eigenvalue weighted by molar-refractivity contribution is -0.385. The average molecular weight is 328 g/mol. The number of rotatable bonds is 7. The van der Waals surface area contributed by atoms with Gasteiger partial charge in [-0.2, -0.15) is 0 Å². The third-order valence-corrected chi connectivity index (χ3v) is 3.89. The number of carbonyl (C=O) groups excluding carboxylic acids is 1. The van der Waals surface area contributed by atoms with Crippen molar-refractivity contribution in [3.8, 4) is 0 Å². The number of carbonyl (C=O) groups is 1. The zero-order valence-electron chi connectivity index (χ0n) is 13.5. The molecule has 0 bridgehead atoms. The summed E-state index contributed by atoms with van der Waals surface area (Å²) in [6.07, 6.45) is 0.0698. The molecule has 0 spiro atoms. The number of amides is 1. The summed E-state index contributed by atoms with van der Waals surface area (Å²) in [5.74, 6) is -0.170. The molecule has 6 nitrogen and oxygen atoms in total. The van der Waals surface area contributed by atoms with E-state index >= 15 is 0 Å². The van der Waals surface area contributed by atoms with Crippen molar-refractivity contribution in [2.75, 3.05) is 13.2 Å². The van der Waals surface area contributed by atoms with E-state index in [2.05, 4.69) is 0 Å². The quantitative estimate of drug-likeness (QED) is 0.625. The van der Waals surface area contributed by atoms with Crippen molar-refractivity contribution in [3.63, 3.8) is 0 Å². The van der Waals surface area contributed by atoms with Gasteiger partial charge in [-0.3, -0.25) is 14.9 Å². The number of hydrogen-bond acceptors (Lipinski definition) is 4. The van der Waals surface area contributed by atoms with E-state index in [1.54, 1.807) is 24.0 Å². The standard InChI is InChI=1S/C18H20N2O4/c1-14-16(8-5-9-17(14)20(23)24)12-18(22)19(10-11-21)13-15-6-3-2-4-7-15/h2-9,21H,10-13H2,1H3. The molecule has 24 heavy (non-hydrogen) atoms. The van der Waals surface area contributed by atoms with E-state index in [0.29, 0.717) is 17.7 Å². The van der Waals surface area contributed by atoms with Crippen LogP contribution in [0, 0.1) is 17.0 Å². The first kappa shape index (κ1) is 17.6. The van der Waals surface area contributed by atoms with Gasteiger partial charge in [-0.25, -0.2) is 0 Å². The highest BCUT2D eigenvalue weighted by molar-refractivity contribution is 5.79. The van der Waals surface area contributed by atoms with Crippen molar-refractivity contribution in [1.29, 1.82) is 0 Å². The third kappa shape index (κ3) is 4.39. The zero-order valence-corrected chi connectivity index (χ0v) is 13.5. The number of aliphatic hydroxyl groups is 1. The summed E-state index contributed by atoms with van der Waals surface area (Å²) >= 11 is 0. The molecular weight excluding hydrogens is 308 g/mol. The van der Waals surface area contributed by atoms with Crippen molar-refractivity contribution in [2.24, 2.45) is 0 Å². The number of hydrogen-bond donors (Lipinski definition) is 1. The molecule has 1 N–H and O–H groups in total. The maximum Gasteiger partial charge on any atom is 0.272 e. The number of benzene rings is 2. The van der Waals surface area contributed by atoms with Gasteiger partial charge in [0.2, 0.25) is 5.91 Å². The molecule has 0 fully saturated rings. The van der Waals surface area contributed by atoms with Crippen LogP contribution in [0.15, 0.2) is 48.5 Å². The highest BCUT2D eigenvalue weighted by atomic mass is 16.6. The minimum atomic E-state index is -0.446. The Kier molecular flexibility index (Phi) is 6.03. The molecule has 126 valence electrons. The van der Waals surface area contributed by atoms with Gasteiger partial charge in [0.15, 0.2) is 0 Å². The van der Waals surface area contributed by atoms with Crippen LogP contribution in [0.2, 0.25) is 0 Å². The lowest BCUT2D eigenvalue weighted by atomic mass is 10.0. The maximum atomic E-state index is 12.6. The monoisotopic (exact) mass is 328 g/mol. The van der Waals surface area contributed by atoms with Crippen molar-refractivity contribution in [2.45, 2.75) is 19.9 Å². The summed E-state index contributed by atoms with van der Waals surface area (Å²) in [5.41, 5.74) is 2.11. The van der Waals surface area contributed by atoms with Gasteiger partial charge in [0.05, 0.1) is 18.0 Å². The van der Waals surface area contributed by atoms with E-state index in [-0.39, 0.29) is 31.2 Å². The predicted molar refractivity (Wildman–Crippen MR) is 90.5 cm³/mol. The van der Waals surface area contributed by atoms with Crippen LogP contribution in [0.25, 0.3) is 0 Å². The van der Waals surface area contributed by atoms with Crippen LogP contribution >= 0.6 is 0 Å². The molecule has 6 heteroatoms. The average Bonchev–Trinajstić information content (AvgIpc) is 2.57. The minimum absolute atomic E-state index is 0.0112. The number of aliphatic hydroxyl groups excluding tert-OH is 1. The van der Waals surface area contributed by atoms with Gasteiger partial charge in [0, 0.05) is 24.7 Å². The van der Waals surface area contributed by atoms with Crippen molar-refractivity contribution >= 4 is 11.6 Å². The van der Waals surface area contributed by atoms with Gasteiger partial charge in [0.1, 0.15) is 0 Å². The Morgan fingerprint density at radius 3 is 2.50 bits per heavy atom. The Morgan fingerprint density at radius 1 is 1.17 bits per heavy atom. The second-order valence-electron chi connectivity index (χ2n) is 5.52. The van der Waals surface area contributed by atoms with Crippen molar-refractivity contribution < 1.29 is 14.8 Å². The van der Waals surface area contributed by atoms with E-state index in [0.717, 1.165) is 5.56 Å². The Balaban J connectivity index is 2.16.